The van der Waals surface area contributed by atoms with Gasteiger partial charge in [-0.3, -0.25) is 9.59 Å². The predicted molar refractivity (Wildman–Crippen MR) is 90.9 cm³/mol. The number of hydrogen-bond acceptors (Lipinski definition) is 6. The van der Waals surface area contributed by atoms with Gasteiger partial charge in [0.2, 0.25) is 15.8 Å². The first-order valence-electron chi connectivity index (χ1n) is 7.52. The molecule has 1 aliphatic heterocycles. The molecule has 7 nitrogen and oxygen atoms in total. The van der Waals surface area contributed by atoms with E-state index in [4.69, 9.17) is 21.1 Å². The normalized spacial score (nSPS) is 20.2. The second kappa shape index (κ2) is 6.88. The Labute approximate surface area is 155 Å². The lowest BCUT2D eigenvalue weighted by molar-refractivity contribution is -0.142. The van der Waals surface area contributed by atoms with Crippen molar-refractivity contribution in [2.24, 2.45) is 0 Å². The van der Waals surface area contributed by atoms with Crippen LogP contribution in [0.15, 0.2) is 29.8 Å². The zero-order valence-corrected chi connectivity index (χ0v) is 16.1. The topological polar surface area (TPSA) is 90.0 Å². The molecule has 2 rings (SSSR count). The van der Waals surface area contributed by atoms with Crippen LogP contribution in [-0.4, -0.2) is 37.3 Å². The second-order valence-electron chi connectivity index (χ2n) is 5.69. The maximum atomic E-state index is 13.4. The summed E-state index contributed by atoms with van der Waals surface area (Å²) in [7, 11) is -2.63. The summed E-state index contributed by atoms with van der Waals surface area (Å²) in [6, 6.07) is 3.52. The fourth-order valence-electron chi connectivity index (χ4n) is 2.34. The molecule has 0 radical (unpaired) electrons. The standard InChI is InChI=1S/C16H17ClFNO6S/c1-5-26(22,23)19(4)15-13(24-9(2)20)14(21)16(3,25-15)10-6-7-12(18)11(17)8-10/h6-8H,5H2,1-4H3. The van der Waals surface area contributed by atoms with E-state index in [-0.39, 0.29) is 16.3 Å². The summed E-state index contributed by atoms with van der Waals surface area (Å²) in [5.74, 6) is -3.53. The largest absolute Gasteiger partial charge is 0.456 e. The second-order valence-corrected chi connectivity index (χ2v) is 8.39. The van der Waals surface area contributed by atoms with Crippen LogP contribution in [0.25, 0.3) is 0 Å². The highest BCUT2D eigenvalue weighted by Gasteiger charge is 2.51. The minimum absolute atomic E-state index is 0.177. The summed E-state index contributed by atoms with van der Waals surface area (Å²) in [5, 5.41) is -0.239. The molecule has 26 heavy (non-hydrogen) atoms. The minimum Gasteiger partial charge on any atom is -0.456 e. The average molecular weight is 406 g/mol. The maximum absolute atomic E-state index is 13.4. The van der Waals surface area contributed by atoms with Crippen molar-refractivity contribution < 1.29 is 31.9 Å². The first kappa shape index (κ1) is 20.2. The molecule has 142 valence electrons. The van der Waals surface area contributed by atoms with Crippen molar-refractivity contribution in [1.82, 2.24) is 4.31 Å². The van der Waals surface area contributed by atoms with E-state index >= 15 is 0 Å². The van der Waals surface area contributed by atoms with Gasteiger partial charge in [0.05, 0.1) is 10.8 Å². The van der Waals surface area contributed by atoms with Crippen LogP contribution in [0.3, 0.4) is 0 Å². The molecule has 0 fully saturated rings. The van der Waals surface area contributed by atoms with Gasteiger partial charge in [-0.1, -0.05) is 17.7 Å². The molecule has 0 spiro atoms. The number of carbonyl (C=O) groups is 2. The number of ether oxygens (including phenoxy) is 2. The Morgan fingerprint density at radius 3 is 2.54 bits per heavy atom. The Kier molecular flexibility index (Phi) is 5.34. The maximum Gasteiger partial charge on any atom is 0.308 e. The van der Waals surface area contributed by atoms with Gasteiger partial charge in [0.25, 0.3) is 11.7 Å². The monoisotopic (exact) mass is 405 g/mol. The molecule has 0 bridgehead atoms. The molecule has 1 aromatic rings. The molecule has 1 aliphatic rings. The van der Waals surface area contributed by atoms with Crippen LogP contribution in [-0.2, 0) is 34.7 Å². The molecule has 0 amide bonds. The van der Waals surface area contributed by atoms with E-state index in [9.17, 15) is 22.4 Å². The van der Waals surface area contributed by atoms with Crippen LogP contribution < -0.4 is 0 Å². The third-order valence-electron chi connectivity index (χ3n) is 3.92. The molecular formula is C16H17ClFNO6S. The van der Waals surface area contributed by atoms with Gasteiger partial charge in [-0.25, -0.2) is 17.1 Å². The van der Waals surface area contributed by atoms with Gasteiger partial charge in [0.15, 0.2) is 5.60 Å². The van der Waals surface area contributed by atoms with Crippen molar-refractivity contribution in [2.45, 2.75) is 26.4 Å². The van der Waals surface area contributed by atoms with Crippen LogP contribution >= 0.6 is 11.6 Å². The van der Waals surface area contributed by atoms with Gasteiger partial charge in [0.1, 0.15) is 5.82 Å². The summed E-state index contributed by atoms with van der Waals surface area (Å²) >= 11 is 5.77. The van der Waals surface area contributed by atoms with Crippen molar-refractivity contribution in [3.63, 3.8) is 0 Å². The summed E-state index contributed by atoms with van der Waals surface area (Å²) < 4.78 is 49.0. The molecule has 0 saturated heterocycles. The van der Waals surface area contributed by atoms with Crippen LogP contribution in [0.4, 0.5) is 4.39 Å². The highest BCUT2D eigenvalue weighted by Crippen LogP contribution is 2.41. The quantitative estimate of drug-likeness (QED) is 0.698. The summed E-state index contributed by atoms with van der Waals surface area (Å²) in [5.41, 5.74) is -1.56. The van der Waals surface area contributed by atoms with Gasteiger partial charge in [0, 0.05) is 19.5 Å². The van der Waals surface area contributed by atoms with Crippen molar-refractivity contribution in [2.75, 3.05) is 12.8 Å². The van der Waals surface area contributed by atoms with E-state index in [1.807, 2.05) is 0 Å². The number of sulfonamides is 1. The third-order valence-corrected chi connectivity index (χ3v) is 5.94. The number of carbonyl (C=O) groups excluding carboxylic acids is 2. The van der Waals surface area contributed by atoms with Gasteiger partial charge < -0.3 is 9.47 Å². The summed E-state index contributed by atoms with van der Waals surface area (Å²) in [6.07, 6.45) is 0. The number of esters is 1. The molecule has 0 aliphatic carbocycles. The van der Waals surface area contributed by atoms with Gasteiger partial charge in [-0.15, -0.1) is 0 Å². The molecule has 0 aromatic heterocycles. The number of Topliss-reactive ketones (excluding diaryl/α,β-unsaturated/α-hetero) is 1. The van der Waals surface area contributed by atoms with E-state index in [1.54, 1.807) is 0 Å². The van der Waals surface area contributed by atoms with Crippen LogP contribution in [0.2, 0.25) is 5.02 Å². The molecular weight excluding hydrogens is 389 g/mol. The number of benzene rings is 1. The van der Waals surface area contributed by atoms with Crippen molar-refractivity contribution in [1.29, 1.82) is 0 Å². The third kappa shape index (κ3) is 3.41. The highest BCUT2D eigenvalue weighted by molar-refractivity contribution is 7.89. The summed E-state index contributed by atoms with van der Waals surface area (Å²) in [4.78, 5) is 24.2. The van der Waals surface area contributed by atoms with Crippen molar-refractivity contribution in [3.8, 4) is 0 Å². The van der Waals surface area contributed by atoms with E-state index in [1.165, 1.54) is 33.0 Å². The molecule has 1 heterocycles. The minimum atomic E-state index is -3.80. The first-order valence-corrected chi connectivity index (χ1v) is 9.51. The Morgan fingerprint density at radius 1 is 1.42 bits per heavy atom. The van der Waals surface area contributed by atoms with Gasteiger partial charge >= 0.3 is 5.97 Å². The predicted octanol–water partition coefficient (Wildman–Crippen LogP) is 2.31. The SMILES string of the molecule is CCS(=O)(=O)N(C)C1=C(OC(C)=O)C(=O)C(C)(c2ccc(F)c(Cl)c2)O1. The molecule has 0 saturated carbocycles. The average Bonchev–Trinajstić information content (AvgIpc) is 2.82. The number of ketones is 1. The van der Waals surface area contributed by atoms with Gasteiger partial charge in [-0.2, -0.15) is 0 Å². The van der Waals surface area contributed by atoms with Gasteiger partial charge in [-0.05, 0) is 26.0 Å². The Balaban J connectivity index is 2.58. The molecule has 1 unspecified atom stereocenters. The van der Waals surface area contributed by atoms with E-state index in [0.717, 1.165) is 17.3 Å². The Morgan fingerprint density at radius 2 is 2.04 bits per heavy atom. The zero-order chi connectivity index (χ0) is 19.9. The Bertz CT molecular complexity index is 913. The van der Waals surface area contributed by atoms with Crippen LogP contribution in [0.1, 0.15) is 26.3 Å². The number of nitrogens with zero attached hydrogens (tertiary/aromatic N) is 1. The Hall–Kier alpha value is -2.13. The molecule has 0 N–H and O–H groups in total. The van der Waals surface area contributed by atoms with E-state index < -0.39 is 44.8 Å². The van der Waals surface area contributed by atoms with E-state index in [2.05, 4.69) is 0 Å². The molecule has 1 atom stereocenters. The lowest BCUT2D eigenvalue weighted by Gasteiger charge is -2.26. The lowest BCUT2D eigenvalue weighted by Crippen LogP contribution is -2.33. The number of halogens is 2. The first-order chi connectivity index (χ1) is 11.9. The lowest BCUT2D eigenvalue weighted by atomic mass is 9.91. The van der Waals surface area contributed by atoms with Crippen LogP contribution in [0.5, 0.6) is 0 Å². The van der Waals surface area contributed by atoms with Crippen molar-refractivity contribution in [3.05, 3.63) is 46.2 Å². The van der Waals surface area contributed by atoms with E-state index in [0.29, 0.717) is 0 Å². The number of rotatable bonds is 5. The fourth-order valence-corrected chi connectivity index (χ4v) is 3.28. The molecule has 10 heteroatoms. The number of hydrogen-bond donors (Lipinski definition) is 0. The fraction of sp³-hybridized carbons (Fsp3) is 0.375. The highest BCUT2D eigenvalue weighted by atomic mass is 35.5. The molecule has 1 aromatic carbocycles. The van der Waals surface area contributed by atoms with Crippen molar-refractivity contribution >= 4 is 33.4 Å². The summed E-state index contributed by atoms with van der Waals surface area (Å²) in [6.45, 7) is 3.83. The van der Waals surface area contributed by atoms with Crippen LogP contribution in [0, 0.1) is 5.82 Å². The zero-order valence-electron chi connectivity index (χ0n) is 14.5. The smallest absolute Gasteiger partial charge is 0.308 e.